The molecule has 3 nitrogen and oxygen atoms in total. The van der Waals surface area contributed by atoms with Gasteiger partial charge in [0.1, 0.15) is 0 Å². The summed E-state index contributed by atoms with van der Waals surface area (Å²) in [6.07, 6.45) is 3.08. The molecule has 0 bridgehead atoms. The third-order valence-electron chi connectivity index (χ3n) is 1.63. The first kappa shape index (κ1) is 11.0. The number of nitrogens with two attached hydrogens (primary N) is 1. The van der Waals surface area contributed by atoms with Gasteiger partial charge in [-0.15, -0.1) is 0 Å². The van der Waals surface area contributed by atoms with Crippen molar-refractivity contribution < 1.29 is 14.6 Å². The van der Waals surface area contributed by atoms with Crippen molar-refractivity contribution in [1.82, 2.24) is 0 Å². The largest absolute Gasteiger partial charge is 0.504 e. The first-order valence-electron chi connectivity index (χ1n) is 3.84. The molecule has 0 spiro atoms. The lowest BCUT2D eigenvalue weighted by molar-refractivity contribution is 0.377. The predicted octanol–water partition coefficient (Wildman–Crippen LogP) is 1.97. The molecule has 0 fully saturated rings. The third kappa shape index (κ3) is 2.05. The first-order valence-corrected chi connectivity index (χ1v) is 4.63. The zero-order valence-electron chi connectivity index (χ0n) is 7.17. The van der Waals surface area contributed by atoms with Gasteiger partial charge in [0, 0.05) is 12.1 Å². The minimum absolute atomic E-state index is 0.0875. The number of halogens is 2. The lowest BCUT2D eigenvalue weighted by Crippen LogP contribution is -1.92. The Bertz CT molecular complexity index is 380. The van der Waals surface area contributed by atoms with Crippen LogP contribution in [0, 0.1) is 5.82 Å². The summed E-state index contributed by atoms with van der Waals surface area (Å²) in [5, 5.41) is 18.5. The van der Waals surface area contributed by atoms with Gasteiger partial charge in [0.05, 0.1) is 4.47 Å². The standard InChI is InChI=1S/C9H9BrFNO2/c10-6-4-5(2-1-3-12)8(13)9(14)7(6)11/h1-2,4,13-14H,3,12H2/b2-1+. The molecule has 0 saturated heterocycles. The Balaban J connectivity index is 3.26. The van der Waals surface area contributed by atoms with Gasteiger partial charge in [-0.3, -0.25) is 0 Å². The topological polar surface area (TPSA) is 66.5 Å². The van der Waals surface area contributed by atoms with Crippen molar-refractivity contribution in [2.24, 2.45) is 5.73 Å². The van der Waals surface area contributed by atoms with Gasteiger partial charge in [-0.25, -0.2) is 4.39 Å². The molecule has 0 aliphatic heterocycles. The minimum Gasteiger partial charge on any atom is -0.504 e. The fourth-order valence-corrected chi connectivity index (χ4v) is 1.38. The van der Waals surface area contributed by atoms with E-state index in [0.717, 1.165) is 0 Å². The van der Waals surface area contributed by atoms with Crippen LogP contribution in [-0.2, 0) is 0 Å². The van der Waals surface area contributed by atoms with E-state index in [4.69, 9.17) is 10.8 Å². The van der Waals surface area contributed by atoms with E-state index in [9.17, 15) is 9.50 Å². The molecule has 1 aromatic rings. The van der Waals surface area contributed by atoms with Crippen LogP contribution < -0.4 is 5.73 Å². The van der Waals surface area contributed by atoms with Crippen molar-refractivity contribution in [3.8, 4) is 11.5 Å². The number of aromatic hydroxyl groups is 2. The Morgan fingerprint density at radius 2 is 2.07 bits per heavy atom. The molecule has 0 amide bonds. The van der Waals surface area contributed by atoms with Crippen LogP contribution in [0.15, 0.2) is 16.6 Å². The van der Waals surface area contributed by atoms with E-state index in [0.29, 0.717) is 12.1 Å². The summed E-state index contributed by atoms with van der Waals surface area (Å²) >= 11 is 2.91. The average Bonchev–Trinajstić information content (AvgIpc) is 2.18. The number of rotatable bonds is 2. The summed E-state index contributed by atoms with van der Waals surface area (Å²) in [5.41, 5.74) is 5.52. The minimum atomic E-state index is -0.882. The van der Waals surface area contributed by atoms with Crippen molar-refractivity contribution in [3.05, 3.63) is 28.0 Å². The summed E-state index contributed by atoms with van der Waals surface area (Å²) in [7, 11) is 0. The highest BCUT2D eigenvalue weighted by molar-refractivity contribution is 9.10. The SMILES string of the molecule is NC/C=C/c1cc(Br)c(F)c(O)c1O. The normalized spacial score (nSPS) is 11.1. The lowest BCUT2D eigenvalue weighted by atomic mass is 10.1. The molecular formula is C9H9BrFNO2. The first-order chi connectivity index (χ1) is 6.57. The van der Waals surface area contributed by atoms with E-state index in [2.05, 4.69) is 15.9 Å². The van der Waals surface area contributed by atoms with Gasteiger partial charge in [-0.2, -0.15) is 0 Å². The van der Waals surface area contributed by atoms with Gasteiger partial charge in [-0.05, 0) is 22.0 Å². The van der Waals surface area contributed by atoms with E-state index in [-0.39, 0.29) is 4.47 Å². The number of hydrogen-bond acceptors (Lipinski definition) is 3. The van der Waals surface area contributed by atoms with Crippen molar-refractivity contribution >= 4 is 22.0 Å². The average molecular weight is 262 g/mol. The van der Waals surface area contributed by atoms with Gasteiger partial charge in [-0.1, -0.05) is 12.2 Å². The fraction of sp³-hybridized carbons (Fsp3) is 0.111. The summed E-state index contributed by atoms with van der Waals surface area (Å²) < 4.78 is 13.1. The molecule has 14 heavy (non-hydrogen) atoms. The van der Waals surface area contributed by atoms with Gasteiger partial charge >= 0.3 is 0 Å². The van der Waals surface area contributed by atoms with Crippen LogP contribution in [0.4, 0.5) is 4.39 Å². The highest BCUT2D eigenvalue weighted by Gasteiger charge is 2.13. The maximum absolute atomic E-state index is 13.0. The Labute approximate surface area is 88.8 Å². The molecule has 1 aromatic carbocycles. The van der Waals surface area contributed by atoms with Crippen LogP contribution in [0.25, 0.3) is 6.08 Å². The number of benzene rings is 1. The molecule has 0 unspecified atom stereocenters. The van der Waals surface area contributed by atoms with Crippen LogP contribution in [0.3, 0.4) is 0 Å². The molecule has 0 aliphatic rings. The molecular weight excluding hydrogens is 253 g/mol. The molecule has 0 radical (unpaired) electrons. The fourth-order valence-electron chi connectivity index (χ4n) is 0.944. The Hall–Kier alpha value is -1.07. The summed E-state index contributed by atoms with van der Waals surface area (Å²) in [4.78, 5) is 0. The van der Waals surface area contributed by atoms with Crippen LogP contribution in [0.2, 0.25) is 0 Å². The van der Waals surface area contributed by atoms with Gasteiger partial charge < -0.3 is 15.9 Å². The Kier molecular flexibility index (Phi) is 3.49. The molecule has 4 N–H and O–H groups in total. The van der Waals surface area contributed by atoms with E-state index in [1.807, 2.05) is 0 Å². The number of phenols is 2. The summed E-state index contributed by atoms with van der Waals surface area (Å²) in [6, 6.07) is 1.36. The van der Waals surface area contributed by atoms with E-state index >= 15 is 0 Å². The van der Waals surface area contributed by atoms with Gasteiger partial charge in [0.2, 0.25) is 0 Å². The molecule has 76 valence electrons. The molecule has 0 aliphatic carbocycles. The van der Waals surface area contributed by atoms with E-state index < -0.39 is 17.3 Å². The smallest absolute Gasteiger partial charge is 0.195 e. The van der Waals surface area contributed by atoms with Crippen molar-refractivity contribution in [3.63, 3.8) is 0 Å². The van der Waals surface area contributed by atoms with Crippen LogP contribution in [0.1, 0.15) is 5.56 Å². The van der Waals surface area contributed by atoms with Gasteiger partial charge in [0.25, 0.3) is 0 Å². The van der Waals surface area contributed by atoms with Crippen LogP contribution in [0.5, 0.6) is 11.5 Å². The summed E-state index contributed by atoms with van der Waals surface area (Å²) in [6.45, 7) is 0.301. The molecule has 0 atom stereocenters. The maximum Gasteiger partial charge on any atom is 0.195 e. The zero-order chi connectivity index (χ0) is 10.7. The Morgan fingerprint density at radius 3 is 2.64 bits per heavy atom. The Morgan fingerprint density at radius 1 is 1.43 bits per heavy atom. The van der Waals surface area contributed by atoms with Crippen molar-refractivity contribution in [2.75, 3.05) is 6.54 Å². The van der Waals surface area contributed by atoms with Crippen LogP contribution >= 0.6 is 15.9 Å². The third-order valence-corrected chi connectivity index (χ3v) is 2.21. The van der Waals surface area contributed by atoms with Crippen molar-refractivity contribution in [1.29, 1.82) is 0 Å². The van der Waals surface area contributed by atoms with Crippen molar-refractivity contribution in [2.45, 2.75) is 0 Å². The highest BCUT2D eigenvalue weighted by atomic mass is 79.9. The summed E-state index contributed by atoms with van der Waals surface area (Å²) in [5.74, 6) is -2.14. The highest BCUT2D eigenvalue weighted by Crippen LogP contribution is 2.36. The monoisotopic (exact) mass is 261 g/mol. The quantitative estimate of drug-likeness (QED) is 0.714. The zero-order valence-corrected chi connectivity index (χ0v) is 8.75. The molecule has 0 saturated carbocycles. The van der Waals surface area contributed by atoms with Gasteiger partial charge in [0.15, 0.2) is 17.3 Å². The second-order valence-corrected chi connectivity index (χ2v) is 3.45. The number of phenolic OH excluding ortho intramolecular Hbond substituents is 2. The second kappa shape index (κ2) is 4.43. The molecule has 5 heteroatoms. The number of hydrogen-bond donors (Lipinski definition) is 3. The molecule has 0 heterocycles. The van der Waals surface area contributed by atoms with E-state index in [1.54, 1.807) is 6.08 Å². The predicted molar refractivity (Wildman–Crippen MR) is 55.5 cm³/mol. The molecule has 0 aromatic heterocycles. The second-order valence-electron chi connectivity index (χ2n) is 2.60. The molecule has 1 rings (SSSR count). The maximum atomic E-state index is 13.0. The van der Waals surface area contributed by atoms with E-state index in [1.165, 1.54) is 12.1 Å². The van der Waals surface area contributed by atoms with Crippen LogP contribution in [-0.4, -0.2) is 16.8 Å². The lowest BCUT2D eigenvalue weighted by Gasteiger charge is -2.04.